The molecule has 2 aromatic rings. The number of nitrogens with one attached hydrogen (secondary N) is 2. The first kappa shape index (κ1) is 18.9. The molecule has 2 aliphatic rings. The lowest BCUT2D eigenvalue weighted by molar-refractivity contribution is -0.118. The maximum Gasteiger partial charge on any atom is 0.253 e. The Morgan fingerprint density at radius 2 is 2.00 bits per heavy atom. The van der Waals surface area contributed by atoms with Crippen molar-refractivity contribution >= 4 is 22.7 Å². The average molecular weight is 388 g/mol. The Morgan fingerprint density at radius 1 is 1.21 bits per heavy atom. The van der Waals surface area contributed by atoms with Crippen LogP contribution in [0.3, 0.4) is 0 Å². The number of aromatic nitrogens is 1. The maximum absolute atomic E-state index is 12.8. The van der Waals surface area contributed by atoms with E-state index in [2.05, 4.69) is 22.2 Å². The molecule has 2 amide bonds. The Balaban J connectivity index is 1.66. The van der Waals surface area contributed by atoms with Gasteiger partial charge in [-0.15, -0.1) is 0 Å². The summed E-state index contributed by atoms with van der Waals surface area (Å²) in [6.07, 6.45) is 8.30. The van der Waals surface area contributed by atoms with Gasteiger partial charge in [0.25, 0.3) is 11.8 Å². The number of fused-ring (bicyclic) bond motifs is 1. The Morgan fingerprint density at radius 3 is 2.72 bits per heavy atom. The minimum absolute atomic E-state index is 0.162. The number of rotatable bonds is 5. The molecule has 0 unspecified atom stereocenters. The van der Waals surface area contributed by atoms with Gasteiger partial charge in [0.15, 0.2) is 0 Å². The molecule has 0 atom stereocenters. The van der Waals surface area contributed by atoms with E-state index in [0.717, 1.165) is 35.7 Å². The molecule has 1 fully saturated rings. The number of carbonyl (C=O) groups excluding carboxylic acids is 2. The normalized spacial score (nSPS) is 16.7. The van der Waals surface area contributed by atoms with Crippen molar-refractivity contribution in [3.63, 3.8) is 0 Å². The van der Waals surface area contributed by atoms with Gasteiger partial charge in [-0.2, -0.15) is 0 Å². The quantitative estimate of drug-likeness (QED) is 0.826. The van der Waals surface area contributed by atoms with Crippen LogP contribution in [0.5, 0.6) is 0 Å². The summed E-state index contributed by atoms with van der Waals surface area (Å²) in [5.74, 6) is -0.428. The van der Waals surface area contributed by atoms with Gasteiger partial charge in [-0.1, -0.05) is 30.8 Å². The zero-order valence-electron chi connectivity index (χ0n) is 16.4. The van der Waals surface area contributed by atoms with Gasteiger partial charge in [0.2, 0.25) is 0 Å². The first-order valence-corrected chi connectivity index (χ1v) is 9.82. The molecule has 0 bridgehead atoms. The Bertz CT molecular complexity index is 1040. The lowest BCUT2D eigenvalue weighted by Gasteiger charge is -2.31. The average Bonchev–Trinajstić information content (AvgIpc) is 2.71. The Labute approximate surface area is 170 Å². The number of pyridine rings is 1. The molecule has 1 aromatic carbocycles. The molecule has 1 saturated carbocycles. The van der Waals surface area contributed by atoms with Gasteiger partial charge in [0, 0.05) is 43.1 Å². The standard InChI is InChI=1S/C23H24N4O2/c1-15-20(23(29)24-2)12-18(22(28)26-19-9-4-10-19)14-27(15)13-17-7-3-6-16-8-5-11-25-21(16)17/h3,5-8,11-12,14,19H,1,4,9-10,13H2,2H3,(H,24,29)(H,26,28). The molecular weight excluding hydrogens is 364 g/mol. The molecule has 2 N–H and O–H groups in total. The van der Waals surface area contributed by atoms with E-state index >= 15 is 0 Å². The van der Waals surface area contributed by atoms with Crippen molar-refractivity contribution in [1.82, 2.24) is 20.5 Å². The number of hydrogen-bond acceptors (Lipinski definition) is 4. The van der Waals surface area contributed by atoms with E-state index in [1.165, 1.54) is 0 Å². The summed E-state index contributed by atoms with van der Waals surface area (Å²) in [7, 11) is 1.57. The van der Waals surface area contributed by atoms with Crippen molar-refractivity contribution in [3.05, 3.63) is 77.8 Å². The van der Waals surface area contributed by atoms with Crippen LogP contribution in [0.1, 0.15) is 24.8 Å². The third-order valence-electron chi connectivity index (χ3n) is 5.48. The van der Waals surface area contributed by atoms with Gasteiger partial charge in [0.1, 0.15) is 0 Å². The molecule has 1 aromatic heterocycles. The summed E-state index contributed by atoms with van der Waals surface area (Å²) in [6, 6.07) is 10.1. The highest BCUT2D eigenvalue weighted by Gasteiger charge is 2.27. The van der Waals surface area contributed by atoms with Gasteiger partial charge >= 0.3 is 0 Å². The highest BCUT2D eigenvalue weighted by Crippen LogP contribution is 2.28. The van der Waals surface area contributed by atoms with Crippen LogP contribution in [0.4, 0.5) is 0 Å². The molecule has 29 heavy (non-hydrogen) atoms. The van der Waals surface area contributed by atoms with E-state index in [0.29, 0.717) is 23.4 Å². The second kappa shape index (κ2) is 7.91. The van der Waals surface area contributed by atoms with Crippen LogP contribution in [0.15, 0.2) is 72.2 Å². The van der Waals surface area contributed by atoms with Crippen LogP contribution in [-0.2, 0) is 16.1 Å². The van der Waals surface area contributed by atoms with Gasteiger partial charge < -0.3 is 15.5 Å². The van der Waals surface area contributed by atoms with Crippen LogP contribution in [0, 0.1) is 0 Å². The molecule has 0 radical (unpaired) electrons. The number of nitrogens with zero attached hydrogens (tertiary/aromatic N) is 2. The number of carbonyl (C=O) groups is 2. The van der Waals surface area contributed by atoms with E-state index in [-0.39, 0.29) is 17.9 Å². The molecule has 2 heterocycles. The number of para-hydroxylation sites is 1. The fraction of sp³-hybridized carbons (Fsp3) is 0.261. The number of likely N-dealkylation sites (N-methyl/N-ethyl adjacent to an activating group) is 1. The molecule has 6 heteroatoms. The zero-order chi connectivity index (χ0) is 20.4. The van der Waals surface area contributed by atoms with Gasteiger partial charge in [-0.05, 0) is 37.0 Å². The summed E-state index contributed by atoms with van der Waals surface area (Å²) in [6.45, 7) is 4.56. The van der Waals surface area contributed by atoms with Crippen molar-refractivity contribution in [2.24, 2.45) is 0 Å². The van der Waals surface area contributed by atoms with Crippen molar-refractivity contribution in [2.45, 2.75) is 31.8 Å². The zero-order valence-corrected chi connectivity index (χ0v) is 16.4. The molecule has 148 valence electrons. The molecule has 6 nitrogen and oxygen atoms in total. The Hall–Kier alpha value is -3.41. The Kier molecular flexibility index (Phi) is 5.16. The van der Waals surface area contributed by atoms with Gasteiger partial charge in [0.05, 0.1) is 16.7 Å². The molecule has 4 rings (SSSR count). The fourth-order valence-corrected chi connectivity index (χ4v) is 3.57. The molecular formula is C23H24N4O2. The number of amides is 2. The minimum atomic E-state index is -0.266. The second-order valence-corrected chi connectivity index (χ2v) is 7.39. The lowest BCUT2D eigenvalue weighted by atomic mass is 9.92. The van der Waals surface area contributed by atoms with Crippen molar-refractivity contribution in [2.75, 3.05) is 7.05 Å². The van der Waals surface area contributed by atoms with Crippen LogP contribution in [0.2, 0.25) is 0 Å². The van der Waals surface area contributed by atoms with Crippen LogP contribution in [0.25, 0.3) is 10.9 Å². The maximum atomic E-state index is 12.8. The van der Waals surface area contributed by atoms with E-state index in [1.54, 1.807) is 25.5 Å². The minimum Gasteiger partial charge on any atom is -0.355 e. The van der Waals surface area contributed by atoms with Crippen LogP contribution in [-0.4, -0.2) is 34.8 Å². The van der Waals surface area contributed by atoms with E-state index in [1.807, 2.05) is 35.2 Å². The summed E-state index contributed by atoms with van der Waals surface area (Å²) >= 11 is 0. The van der Waals surface area contributed by atoms with Gasteiger partial charge in [-0.25, -0.2) is 0 Å². The first-order valence-electron chi connectivity index (χ1n) is 9.82. The van der Waals surface area contributed by atoms with E-state index in [9.17, 15) is 9.59 Å². The number of benzene rings is 1. The van der Waals surface area contributed by atoms with Crippen molar-refractivity contribution in [1.29, 1.82) is 0 Å². The topological polar surface area (TPSA) is 74.3 Å². The predicted octanol–water partition coefficient (Wildman–Crippen LogP) is 2.79. The molecule has 1 aliphatic heterocycles. The van der Waals surface area contributed by atoms with E-state index in [4.69, 9.17) is 0 Å². The lowest BCUT2D eigenvalue weighted by Crippen LogP contribution is -2.41. The third kappa shape index (κ3) is 3.78. The SMILES string of the molecule is C=C1C(C(=O)NC)=CC(C(=O)NC2CCC2)=CN1Cc1cccc2cccnc12. The summed E-state index contributed by atoms with van der Waals surface area (Å²) < 4.78 is 0. The monoisotopic (exact) mass is 388 g/mol. The van der Waals surface area contributed by atoms with Crippen LogP contribution >= 0.6 is 0 Å². The summed E-state index contributed by atoms with van der Waals surface area (Å²) in [5, 5.41) is 6.72. The second-order valence-electron chi connectivity index (χ2n) is 7.39. The summed E-state index contributed by atoms with van der Waals surface area (Å²) in [4.78, 5) is 31.5. The van der Waals surface area contributed by atoms with Crippen molar-refractivity contribution < 1.29 is 9.59 Å². The highest BCUT2D eigenvalue weighted by atomic mass is 16.2. The largest absolute Gasteiger partial charge is 0.355 e. The van der Waals surface area contributed by atoms with Gasteiger partial charge in [-0.3, -0.25) is 14.6 Å². The van der Waals surface area contributed by atoms with Crippen molar-refractivity contribution in [3.8, 4) is 0 Å². The van der Waals surface area contributed by atoms with Crippen LogP contribution < -0.4 is 10.6 Å². The third-order valence-corrected chi connectivity index (χ3v) is 5.48. The summed E-state index contributed by atoms with van der Waals surface area (Å²) in [5.41, 5.74) is 3.29. The highest BCUT2D eigenvalue weighted by molar-refractivity contribution is 6.03. The van der Waals surface area contributed by atoms with E-state index < -0.39 is 0 Å². The first-order chi connectivity index (χ1) is 14.1. The molecule has 1 aliphatic carbocycles. The predicted molar refractivity (Wildman–Crippen MR) is 112 cm³/mol. The molecule has 0 saturated heterocycles. The fourth-order valence-electron chi connectivity index (χ4n) is 3.57. The smallest absolute Gasteiger partial charge is 0.253 e. The molecule has 0 spiro atoms. The number of hydrogen-bond donors (Lipinski definition) is 2.